The van der Waals surface area contributed by atoms with E-state index in [-0.39, 0.29) is 0 Å². The van der Waals surface area contributed by atoms with Crippen molar-refractivity contribution in [3.8, 4) is 0 Å². The van der Waals surface area contributed by atoms with Crippen molar-refractivity contribution in [1.82, 2.24) is 10.3 Å². The number of hydrogen-bond donors (Lipinski definition) is 2. The molecule has 0 aliphatic heterocycles. The van der Waals surface area contributed by atoms with Crippen LogP contribution >= 0.6 is 11.3 Å². The highest BCUT2D eigenvalue weighted by Crippen LogP contribution is 2.16. The lowest BCUT2D eigenvalue weighted by atomic mass is 10.1. The molecule has 0 bridgehead atoms. The molecule has 1 heterocycles. The van der Waals surface area contributed by atoms with Crippen LogP contribution in [-0.2, 0) is 13.0 Å². The Morgan fingerprint density at radius 2 is 2.00 bits per heavy atom. The highest BCUT2D eigenvalue weighted by atomic mass is 32.1. The van der Waals surface area contributed by atoms with Gasteiger partial charge in [-0.1, -0.05) is 31.2 Å². The summed E-state index contributed by atoms with van der Waals surface area (Å²) in [6.07, 6.45) is 2.82. The molecule has 3 N–H and O–H groups in total. The highest BCUT2D eigenvalue weighted by molar-refractivity contribution is 7.09. The Labute approximate surface area is 118 Å². The molecular weight excluding hydrogens is 254 g/mol. The van der Waals surface area contributed by atoms with E-state index in [0.717, 1.165) is 19.5 Å². The zero-order chi connectivity index (χ0) is 13.5. The molecule has 4 heteroatoms. The second-order valence-corrected chi connectivity index (χ2v) is 5.68. The Morgan fingerprint density at radius 3 is 2.63 bits per heavy atom. The van der Waals surface area contributed by atoms with Gasteiger partial charge in [-0.15, -0.1) is 11.3 Å². The molecule has 1 aromatic carbocycles. The largest absolute Gasteiger partial charge is 0.330 e. The summed E-state index contributed by atoms with van der Waals surface area (Å²) in [6.45, 7) is 4.77. The quantitative estimate of drug-likeness (QED) is 0.816. The van der Waals surface area contributed by atoms with E-state index >= 15 is 0 Å². The molecule has 0 aliphatic rings. The normalized spacial score (nSPS) is 12.5. The van der Waals surface area contributed by atoms with E-state index in [0.29, 0.717) is 12.5 Å². The number of thiazole rings is 1. The number of benzene rings is 1. The Hall–Kier alpha value is -1.23. The van der Waals surface area contributed by atoms with Crippen LogP contribution in [0.4, 0.5) is 0 Å². The lowest BCUT2D eigenvalue weighted by molar-refractivity contribution is 0.613. The van der Waals surface area contributed by atoms with Gasteiger partial charge in [-0.3, -0.25) is 0 Å². The minimum atomic E-state index is 0.469. The lowest BCUT2D eigenvalue weighted by Gasteiger charge is -2.10. The molecule has 2 aromatic rings. The summed E-state index contributed by atoms with van der Waals surface area (Å²) in [4.78, 5) is 4.34. The summed E-state index contributed by atoms with van der Waals surface area (Å²) in [5.41, 5.74) is 8.16. The molecule has 0 saturated carbocycles. The van der Waals surface area contributed by atoms with Crippen LogP contribution in [0.15, 0.2) is 35.8 Å². The van der Waals surface area contributed by atoms with Gasteiger partial charge in [0, 0.05) is 30.6 Å². The minimum Gasteiger partial charge on any atom is -0.330 e. The summed E-state index contributed by atoms with van der Waals surface area (Å²) in [5.74, 6) is 0.469. The molecule has 3 nitrogen and oxygen atoms in total. The molecule has 0 aliphatic carbocycles. The molecule has 102 valence electrons. The minimum absolute atomic E-state index is 0.469. The molecular formula is C15H21N3S. The molecule has 0 amide bonds. The number of nitrogens with two attached hydrogens (primary N) is 1. The molecule has 0 spiro atoms. The van der Waals surface area contributed by atoms with Gasteiger partial charge in [-0.05, 0) is 24.1 Å². The topological polar surface area (TPSA) is 50.9 Å². The summed E-state index contributed by atoms with van der Waals surface area (Å²) in [5, 5.41) is 6.71. The van der Waals surface area contributed by atoms with Crippen LogP contribution in [0.25, 0.3) is 0 Å². The average Bonchev–Trinajstić information content (AvgIpc) is 2.95. The van der Waals surface area contributed by atoms with Crippen LogP contribution in [0.2, 0.25) is 0 Å². The zero-order valence-electron chi connectivity index (χ0n) is 11.3. The van der Waals surface area contributed by atoms with Crippen molar-refractivity contribution in [2.24, 2.45) is 5.73 Å². The van der Waals surface area contributed by atoms with Gasteiger partial charge in [0.1, 0.15) is 0 Å². The maximum Gasteiger partial charge on any atom is 0.0965 e. The van der Waals surface area contributed by atoms with Crippen molar-refractivity contribution in [3.05, 3.63) is 52.0 Å². The molecule has 1 aromatic heterocycles. The van der Waals surface area contributed by atoms with E-state index in [2.05, 4.69) is 41.5 Å². The summed E-state index contributed by atoms with van der Waals surface area (Å²) >= 11 is 1.72. The fourth-order valence-electron chi connectivity index (χ4n) is 1.99. The number of hydrogen-bond acceptors (Lipinski definition) is 4. The standard InChI is InChI=1S/C15H21N3S/c1-12(15-18-8-9-19-15)10-17-11-14-4-2-13(3-5-14)6-7-16/h2-5,8-9,12,17H,6-7,10-11,16H2,1H3. The molecule has 2 rings (SSSR count). The Morgan fingerprint density at radius 1 is 1.26 bits per heavy atom. The van der Waals surface area contributed by atoms with E-state index < -0.39 is 0 Å². The van der Waals surface area contributed by atoms with E-state index in [1.807, 2.05) is 11.6 Å². The van der Waals surface area contributed by atoms with Crippen molar-refractivity contribution in [2.45, 2.75) is 25.8 Å². The van der Waals surface area contributed by atoms with Crippen molar-refractivity contribution >= 4 is 11.3 Å². The fourth-order valence-corrected chi connectivity index (χ4v) is 2.69. The van der Waals surface area contributed by atoms with Gasteiger partial charge in [0.25, 0.3) is 0 Å². The van der Waals surface area contributed by atoms with Crippen LogP contribution < -0.4 is 11.1 Å². The zero-order valence-corrected chi connectivity index (χ0v) is 12.1. The van der Waals surface area contributed by atoms with E-state index in [1.165, 1.54) is 16.1 Å². The lowest BCUT2D eigenvalue weighted by Crippen LogP contribution is -2.19. The maximum absolute atomic E-state index is 5.54. The smallest absolute Gasteiger partial charge is 0.0965 e. The van der Waals surface area contributed by atoms with Gasteiger partial charge in [0.05, 0.1) is 5.01 Å². The summed E-state index contributed by atoms with van der Waals surface area (Å²) in [7, 11) is 0. The Balaban J connectivity index is 1.76. The van der Waals surface area contributed by atoms with Gasteiger partial charge in [-0.2, -0.15) is 0 Å². The second kappa shape index (κ2) is 7.38. The van der Waals surface area contributed by atoms with Crippen molar-refractivity contribution in [3.63, 3.8) is 0 Å². The first kappa shape index (κ1) is 14.2. The van der Waals surface area contributed by atoms with Crippen molar-refractivity contribution in [2.75, 3.05) is 13.1 Å². The SMILES string of the molecule is CC(CNCc1ccc(CCN)cc1)c1nccs1. The van der Waals surface area contributed by atoms with E-state index in [9.17, 15) is 0 Å². The van der Waals surface area contributed by atoms with Crippen LogP contribution in [0.1, 0.15) is 29.0 Å². The van der Waals surface area contributed by atoms with Gasteiger partial charge in [-0.25, -0.2) is 4.98 Å². The first-order valence-electron chi connectivity index (χ1n) is 6.67. The highest BCUT2D eigenvalue weighted by Gasteiger charge is 2.07. The van der Waals surface area contributed by atoms with Gasteiger partial charge in [0.2, 0.25) is 0 Å². The molecule has 1 atom stereocenters. The third-order valence-corrected chi connectivity index (χ3v) is 4.12. The third-order valence-electron chi connectivity index (χ3n) is 3.11. The maximum atomic E-state index is 5.54. The van der Waals surface area contributed by atoms with Crippen LogP contribution in [0.3, 0.4) is 0 Å². The summed E-state index contributed by atoms with van der Waals surface area (Å²) in [6, 6.07) is 8.67. The number of nitrogens with one attached hydrogen (secondary N) is 1. The van der Waals surface area contributed by atoms with Crippen LogP contribution in [0, 0.1) is 0 Å². The summed E-state index contributed by atoms with van der Waals surface area (Å²) < 4.78 is 0. The Kier molecular flexibility index (Phi) is 5.51. The third kappa shape index (κ3) is 4.42. The monoisotopic (exact) mass is 275 g/mol. The Bertz CT molecular complexity index is 465. The van der Waals surface area contributed by atoms with Crippen molar-refractivity contribution < 1.29 is 0 Å². The van der Waals surface area contributed by atoms with Crippen LogP contribution in [0.5, 0.6) is 0 Å². The predicted molar refractivity (Wildman–Crippen MR) is 81.4 cm³/mol. The van der Waals surface area contributed by atoms with Crippen molar-refractivity contribution in [1.29, 1.82) is 0 Å². The molecule has 0 saturated heterocycles. The first-order valence-corrected chi connectivity index (χ1v) is 7.55. The fraction of sp³-hybridized carbons (Fsp3) is 0.400. The van der Waals surface area contributed by atoms with E-state index in [1.54, 1.807) is 11.3 Å². The average molecular weight is 275 g/mol. The van der Waals surface area contributed by atoms with Gasteiger partial charge < -0.3 is 11.1 Å². The first-order chi connectivity index (χ1) is 9.29. The number of rotatable bonds is 7. The molecule has 19 heavy (non-hydrogen) atoms. The van der Waals surface area contributed by atoms with Gasteiger partial charge in [0.15, 0.2) is 0 Å². The van der Waals surface area contributed by atoms with E-state index in [4.69, 9.17) is 5.73 Å². The molecule has 0 fully saturated rings. The predicted octanol–water partition coefficient (Wildman–Crippen LogP) is 2.54. The second-order valence-electron chi connectivity index (χ2n) is 4.76. The number of aromatic nitrogens is 1. The molecule has 0 radical (unpaired) electrons. The van der Waals surface area contributed by atoms with Crippen LogP contribution in [-0.4, -0.2) is 18.1 Å². The number of nitrogens with zero attached hydrogens (tertiary/aromatic N) is 1. The van der Waals surface area contributed by atoms with Gasteiger partial charge >= 0.3 is 0 Å². The molecule has 1 unspecified atom stereocenters.